The predicted molar refractivity (Wildman–Crippen MR) is 106 cm³/mol. The third-order valence-electron chi connectivity index (χ3n) is 4.88. The molecule has 0 bridgehead atoms. The standard InChI is InChI=1S/C20H30N6O2/c1-13(2)19-21-15(5)12-16(22-19)25-8-10-26(11-9-25)18(27)7-6-17-23-20(14(3)4)24-28-17/h12-14H,6-11H2,1-5H3. The first-order chi connectivity index (χ1) is 13.3. The summed E-state index contributed by atoms with van der Waals surface area (Å²) in [5, 5.41) is 3.95. The number of carbonyl (C=O) groups is 1. The molecular formula is C20H30N6O2. The molecule has 0 atom stereocenters. The topological polar surface area (TPSA) is 88.2 Å². The van der Waals surface area contributed by atoms with Crippen LogP contribution in [-0.2, 0) is 11.2 Å². The van der Waals surface area contributed by atoms with Crippen molar-refractivity contribution in [1.29, 1.82) is 0 Å². The molecule has 0 N–H and O–H groups in total. The molecule has 1 saturated heterocycles. The lowest BCUT2D eigenvalue weighted by molar-refractivity contribution is -0.131. The third kappa shape index (κ3) is 4.85. The van der Waals surface area contributed by atoms with Crippen molar-refractivity contribution in [2.75, 3.05) is 31.1 Å². The van der Waals surface area contributed by atoms with E-state index in [1.165, 1.54) is 0 Å². The molecule has 0 radical (unpaired) electrons. The number of hydrogen-bond acceptors (Lipinski definition) is 7. The van der Waals surface area contributed by atoms with Gasteiger partial charge in [0.1, 0.15) is 11.6 Å². The Morgan fingerprint density at radius 3 is 2.32 bits per heavy atom. The number of nitrogens with zero attached hydrogens (tertiary/aromatic N) is 6. The maximum Gasteiger partial charge on any atom is 0.227 e. The molecule has 3 rings (SSSR count). The summed E-state index contributed by atoms with van der Waals surface area (Å²) in [5.41, 5.74) is 0.979. The van der Waals surface area contributed by atoms with Crippen LogP contribution in [0.4, 0.5) is 5.82 Å². The Labute approximate surface area is 166 Å². The van der Waals surface area contributed by atoms with Crippen LogP contribution in [0, 0.1) is 6.92 Å². The number of rotatable bonds is 6. The zero-order chi connectivity index (χ0) is 20.3. The van der Waals surface area contributed by atoms with E-state index in [2.05, 4.69) is 33.9 Å². The van der Waals surface area contributed by atoms with Crippen LogP contribution in [0.15, 0.2) is 10.6 Å². The predicted octanol–water partition coefficient (Wildman–Crippen LogP) is 2.70. The summed E-state index contributed by atoms with van der Waals surface area (Å²) in [6.45, 7) is 13.2. The Hall–Kier alpha value is -2.51. The van der Waals surface area contributed by atoms with Crippen molar-refractivity contribution in [2.45, 2.75) is 59.3 Å². The van der Waals surface area contributed by atoms with E-state index < -0.39 is 0 Å². The van der Waals surface area contributed by atoms with E-state index in [0.717, 1.165) is 30.4 Å². The lowest BCUT2D eigenvalue weighted by Gasteiger charge is -2.35. The van der Waals surface area contributed by atoms with E-state index in [9.17, 15) is 4.79 Å². The molecule has 0 unspecified atom stereocenters. The van der Waals surface area contributed by atoms with Crippen LogP contribution < -0.4 is 4.90 Å². The Balaban J connectivity index is 1.52. The molecule has 1 amide bonds. The van der Waals surface area contributed by atoms with E-state index in [4.69, 9.17) is 9.51 Å². The van der Waals surface area contributed by atoms with Crippen molar-refractivity contribution in [3.63, 3.8) is 0 Å². The number of anilines is 1. The zero-order valence-electron chi connectivity index (χ0n) is 17.5. The van der Waals surface area contributed by atoms with Gasteiger partial charge in [-0.1, -0.05) is 32.9 Å². The number of amides is 1. The Morgan fingerprint density at radius 1 is 1.04 bits per heavy atom. The fourth-order valence-corrected chi connectivity index (χ4v) is 3.16. The largest absolute Gasteiger partial charge is 0.353 e. The molecule has 0 aliphatic carbocycles. The van der Waals surface area contributed by atoms with Crippen molar-refractivity contribution in [1.82, 2.24) is 25.0 Å². The van der Waals surface area contributed by atoms with Gasteiger partial charge in [0.2, 0.25) is 11.8 Å². The van der Waals surface area contributed by atoms with Crippen LogP contribution in [0.2, 0.25) is 0 Å². The van der Waals surface area contributed by atoms with Gasteiger partial charge in [0, 0.05) is 62.6 Å². The van der Waals surface area contributed by atoms with E-state index in [-0.39, 0.29) is 11.8 Å². The van der Waals surface area contributed by atoms with Gasteiger partial charge < -0.3 is 14.3 Å². The summed E-state index contributed by atoms with van der Waals surface area (Å²) in [6, 6.07) is 2.02. The number of carbonyl (C=O) groups excluding carboxylic acids is 1. The molecule has 8 nitrogen and oxygen atoms in total. The number of piperazine rings is 1. The monoisotopic (exact) mass is 386 g/mol. The Bertz CT molecular complexity index is 809. The molecule has 0 saturated carbocycles. The van der Waals surface area contributed by atoms with Crippen molar-refractivity contribution >= 4 is 11.7 Å². The molecule has 8 heteroatoms. The summed E-state index contributed by atoms with van der Waals surface area (Å²) in [6.07, 6.45) is 0.880. The van der Waals surface area contributed by atoms with E-state index in [1.807, 2.05) is 31.7 Å². The van der Waals surface area contributed by atoms with Crippen molar-refractivity contribution in [3.8, 4) is 0 Å². The maximum atomic E-state index is 12.5. The lowest BCUT2D eigenvalue weighted by Crippen LogP contribution is -2.49. The fourth-order valence-electron chi connectivity index (χ4n) is 3.16. The average Bonchev–Trinajstić information content (AvgIpc) is 3.15. The van der Waals surface area contributed by atoms with E-state index in [1.54, 1.807) is 0 Å². The zero-order valence-corrected chi connectivity index (χ0v) is 17.5. The summed E-state index contributed by atoms with van der Waals surface area (Å²) in [4.78, 5) is 30.2. The average molecular weight is 387 g/mol. The van der Waals surface area contributed by atoms with Gasteiger partial charge in [0.25, 0.3) is 0 Å². The molecule has 1 aliphatic heterocycles. The highest BCUT2D eigenvalue weighted by molar-refractivity contribution is 5.76. The van der Waals surface area contributed by atoms with Crippen molar-refractivity contribution < 1.29 is 9.32 Å². The van der Waals surface area contributed by atoms with Gasteiger partial charge >= 0.3 is 0 Å². The van der Waals surface area contributed by atoms with Gasteiger partial charge in [-0.25, -0.2) is 9.97 Å². The number of aromatic nitrogens is 4. The highest BCUT2D eigenvalue weighted by Crippen LogP contribution is 2.19. The highest BCUT2D eigenvalue weighted by Gasteiger charge is 2.23. The Kier molecular flexibility index (Phi) is 6.26. The highest BCUT2D eigenvalue weighted by atomic mass is 16.5. The van der Waals surface area contributed by atoms with Gasteiger partial charge in [-0.2, -0.15) is 4.98 Å². The fraction of sp³-hybridized carbons (Fsp3) is 0.650. The summed E-state index contributed by atoms with van der Waals surface area (Å²) < 4.78 is 5.23. The van der Waals surface area contributed by atoms with Crippen LogP contribution in [0.5, 0.6) is 0 Å². The molecule has 1 aliphatic rings. The third-order valence-corrected chi connectivity index (χ3v) is 4.88. The molecule has 2 aromatic heterocycles. The van der Waals surface area contributed by atoms with Gasteiger partial charge in [-0.05, 0) is 6.92 Å². The van der Waals surface area contributed by atoms with Crippen LogP contribution in [0.25, 0.3) is 0 Å². The molecule has 3 heterocycles. The molecule has 152 valence electrons. The maximum absolute atomic E-state index is 12.5. The molecule has 2 aromatic rings. The molecule has 0 spiro atoms. The van der Waals surface area contributed by atoms with Crippen LogP contribution in [0.1, 0.15) is 69.2 Å². The van der Waals surface area contributed by atoms with Gasteiger partial charge in [-0.3, -0.25) is 4.79 Å². The minimum absolute atomic E-state index is 0.130. The second kappa shape index (κ2) is 8.67. The quantitative estimate of drug-likeness (QED) is 0.754. The molecular weight excluding hydrogens is 356 g/mol. The second-order valence-corrected chi connectivity index (χ2v) is 7.95. The smallest absolute Gasteiger partial charge is 0.227 e. The Morgan fingerprint density at radius 2 is 1.71 bits per heavy atom. The van der Waals surface area contributed by atoms with Gasteiger partial charge in [0.05, 0.1) is 0 Å². The van der Waals surface area contributed by atoms with Gasteiger partial charge in [0.15, 0.2) is 5.82 Å². The summed E-state index contributed by atoms with van der Waals surface area (Å²) >= 11 is 0. The van der Waals surface area contributed by atoms with E-state index in [0.29, 0.717) is 43.6 Å². The molecule has 0 aromatic carbocycles. The van der Waals surface area contributed by atoms with Crippen LogP contribution >= 0.6 is 0 Å². The van der Waals surface area contributed by atoms with E-state index >= 15 is 0 Å². The summed E-state index contributed by atoms with van der Waals surface area (Å²) in [7, 11) is 0. The van der Waals surface area contributed by atoms with Crippen LogP contribution in [-0.4, -0.2) is 57.1 Å². The minimum atomic E-state index is 0.130. The molecule has 28 heavy (non-hydrogen) atoms. The normalized spacial score (nSPS) is 15.0. The first-order valence-corrected chi connectivity index (χ1v) is 10.0. The number of hydrogen-bond donors (Lipinski definition) is 0. The first kappa shape index (κ1) is 20.2. The lowest BCUT2D eigenvalue weighted by atomic mass is 10.2. The second-order valence-electron chi connectivity index (χ2n) is 7.95. The van der Waals surface area contributed by atoms with Gasteiger partial charge in [-0.15, -0.1) is 0 Å². The SMILES string of the molecule is Cc1cc(N2CCN(C(=O)CCc3nc(C(C)C)no3)CC2)nc(C(C)C)n1. The molecule has 1 fully saturated rings. The van der Waals surface area contributed by atoms with Crippen molar-refractivity contribution in [3.05, 3.63) is 29.3 Å². The number of aryl methyl sites for hydroxylation is 2. The summed E-state index contributed by atoms with van der Waals surface area (Å²) in [5.74, 6) is 3.70. The van der Waals surface area contributed by atoms with Crippen LogP contribution in [0.3, 0.4) is 0 Å². The first-order valence-electron chi connectivity index (χ1n) is 10.0. The van der Waals surface area contributed by atoms with Crippen molar-refractivity contribution in [2.24, 2.45) is 0 Å². The minimum Gasteiger partial charge on any atom is -0.353 e.